The highest BCUT2D eigenvalue weighted by atomic mass is 16.5. The highest BCUT2D eigenvalue weighted by Crippen LogP contribution is 2.26. The Morgan fingerprint density at radius 3 is 2.87 bits per heavy atom. The Labute approximate surface area is 131 Å². The number of benzene rings is 1. The summed E-state index contributed by atoms with van der Waals surface area (Å²) in [5.74, 6) is 0.479. The molecule has 0 amide bonds. The van der Waals surface area contributed by atoms with Crippen molar-refractivity contribution in [3.05, 3.63) is 51.9 Å². The van der Waals surface area contributed by atoms with Gasteiger partial charge in [-0.25, -0.2) is 4.79 Å². The van der Waals surface area contributed by atoms with E-state index in [-0.39, 0.29) is 24.1 Å². The molecule has 1 aliphatic heterocycles. The third-order valence-corrected chi connectivity index (χ3v) is 3.67. The van der Waals surface area contributed by atoms with E-state index in [1.807, 2.05) is 6.07 Å². The van der Waals surface area contributed by atoms with E-state index in [2.05, 4.69) is 0 Å². The maximum absolute atomic E-state index is 12.0. The van der Waals surface area contributed by atoms with Crippen LogP contribution in [0.25, 0.3) is 11.0 Å². The highest BCUT2D eigenvalue weighted by Gasteiger charge is 2.21. The smallest absolute Gasteiger partial charge is 0.354 e. The molecule has 0 aliphatic carbocycles. The van der Waals surface area contributed by atoms with Crippen molar-refractivity contribution in [2.75, 3.05) is 13.7 Å². The minimum absolute atomic E-state index is 0.00819. The minimum Gasteiger partial charge on any atom is -0.497 e. The summed E-state index contributed by atoms with van der Waals surface area (Å²) in [5.41, 5.74) is 0.165. The van der Waals surface area contributed by atoms with Crippen LogP contribution in [0.4, 0.5) is 0 Å². The van der Waals surface area contributed by atoms with Crippen molar-refractivity contribution in [2.45, 2.75) is 12.5 Å². The number of fused-ring (bicyclic) bond motifs is 1. The third kappa shape index (κ3) is 2.87. The van der Waals surface area contributed by atoms with Crippen LogP contribution >= 0.6 is 0 Å². The van der Waals surface area contributed by atoms with Gasteiger partial charge in [-0.05, 0) is 29.8 Å². The second-order valence-corrected chi connectivity index (χ2v) is 5.10. The Hall–Kier alpha value is -2.91. The van der Waals surface area contributed by atoms with Crippen molar-refractivity contribution in [1.82, 2.24) is 0 Å². The summed E-state index contributed by atoms with van der Waals surface area (Å²) in [5, 5.41) is 9.92. The van der Waals surface area contributed by atoms with Gasteiger partial charge in [0.1, 0.15) is 29.6 Å². The van der Waals surface area contributed by atoms with E-state index in [0.717, 1.165) is 0 Å². The zero-order valence-corrected chi connectivity index (χ0v) is 12.4. The molecule has 23 heavy (non-hydrogen) atoms. The lowest BCUT2D eigenvalue weighted by Crippen LogP contribution is -2.24. The van der Waals surface area contributed by atoms with Crippen LogP contribution in [0.1, 0.15) is 11.1 Å². The fraction of sp³-hybridized carbons (Fsp3) is 0.235. The second kappa shape index (κ2) is 6.07. The molecule has 0 radical (unpaired) electrons. The number of methoxy groups -OCH3 is 1. The number of hydrogen-bond acceptors (Lipinski definition) is 6. The summed E-state index contributed by atoms with van der Waals surface area (Å²) in [6.45, 7) is -0.00819. The minimum atomic E-state index is -0.684. The van der Waals surface area contributed by atoms with Gasteiger partial charge in [-0.3, -0.25) is 4.79 Å². The molecule has 0 bridgehead atoms. The lowest BCUT2D eigenvalue weighted by atomic mass is 9.98. The average molecular weight is 311 g/mol. The van der Waals surface area contributed by atoms with Crippen molar-refractivity contribution < 1.29 is 18.7 Å². The molecule has 0 saturated carbocycles. The number of rotatable bonds is 3. The van der Waals surface area contributed by atoms with Crippen molar-refractivity contribution >= 4 is 16.8 Å². The van der Waals surface area contributed by atoms with Crippen molar-refractivity contribution in [1.29, 1.82) is 5.26 Å². The molecule has 1 aromatic carbocycles. The molecule has 0 N–H and O–H groups in total. The van der Waals surface area contributed by atoms with Crippen LogP contribution in [0.5, 0.6) is 5.75 Å². The molecule has 1 aromatic heterocycles. The zero-order valence-electron chi connectivity index (χ0n) is 12.4. The molecular formula is C17H13NO5. The van der Waals surface area contributed by atoms with Crippen LogP contribution in [0.2, 0.25) is 0 Å². The quantitative estimate of drug-likeness (QED) is 0.802. The first-order valence-corrected chi connectivity index (χ1v) is 6.99. The van der Waals surface area contributed by atoms with E-state index in [4.69, 9.17) is 13.9 Å². The van der Waals surface area contributed by atoms with Crippen LogP contribution in [0, 0.1) is 11.3 Å². The molecule has 6 heteroatoms. The Balaban J connectivity index is 2.15. The van der Waals surface area contributed by atoms with Gasteiger partial charge < -0.3 is 13.9 Å². The molecule has 1 aliphatic rings. The first-order valence-electron chi connectivity index (χ1n) is 6.99. The first kappa shape index (κ1) is 15.0. The lowest BCUT2D eigenvalue weighted by molar-refractivity contribution is -0.121. The van der Waals surface area contributed by atoms with E-state index in [9.17, 15) is 14.9 Å². The standard InChI is InChI=1S/C17H13NO5/c1-21-11-4-5-16-14(6-11)13(15(8-18)17(20)23-16)7-12-3-2-10(19)9-22-12/h2-6,12H,7,9H2,1H3. The molecule has 2 aromatic rings. The number of nitriles is 1. The number of carbonyl (C=O) groups excluding carboxylic acids is 1. The topological polar surface area (TPSA) is 89.5 Å². The third-order valence-electron chi connectivity index (χ3n) is 3.67. The Bertz CT molecular complexity index is 904. The predicted molar refractivity (Wildman–Crippen MR) is 81.3 cm³/mol. The van der Waals surface area contributed by atoms with Crippen LogP contribution in [0.3, 0.4) is 0 Å². The number of ketones is 1. The van der Waals surface area contributed by atoms with Gasteiger partial charge in [-0.2, -0.15) is 5.26 Å². The number of carbonyl (C=O) groups is 1. The highest BCUT2D eigenvalue weighted by molar-refractivity contribution is 5.91. The van der Waals surface area contributed by atoms with Crippen LogP contribution in [-0.4, -0.2) is 25.6 Å². The maximum Gasteiger partial charge on any atom is 0.354 e. The fourth-order valence-corrected chi connectivity index (χ4v) is 2.53. The monoisotopic (exact) mass is 311 g/mol. The first-order chi connectivity index (χ1) is 11.1. The van der Waals surface area contributed by atoms with Gasteiger partial charge in [0.25, 0.3) is 0 Å². The molecule has 3 rings (SSSR count). The SMILES string of the molecule is COc1ccc2oc(=O)c(C#N)c(CC3C=CC(=O)CO3)c2c1. The zero-order chi connectivity index (χ0) is 16.4. The fourth-order valence-electron chi connectivity index (χ4n) is 2.53. The number of nitrogens with zero attached hydrogens (tertiary/aromatic N) is 1. The summed E-state index contributed by atoms with van der Waals surface area (Å²) in [6.07, 6.45) is 3.00. The summed E-state index contributed by atoms with van der Waals surface area (Å²) in [7, 11) is 1.53. The molecule has 6 nitrogen and oxygen atoms in total. The Morgan fingerprint density at radius 2 is 2.22 bits per heavy atom. The largest absolute Gasteiger partial charge is 0.497 e. The molecule has 0 saturated heterocycles. The number of hydrogen-bond donors (Lipinski definition) is 0. The number of ether oxygens (including phenoxy) is 2. The van der Waals surface area contributed by atoms with Crippen molar-refractivity contribution in [3.8, 4) is 11.8 Å². The molecule has 1 unspecified atom stereocenters. The molecule has 1 atom stereocenters. The van der Waals surface area contributed by atoms with Crippen LogP contribution in [0.15, 0.2) is 39.6 Å². The maximum atomic E-state index is 12.0. The van der Waals surface area contributed by atoms with Gasteiger partial charge in [0.05, 0.1) is 13.2 Å². The van der Waals surface area contributed by atoms with Gasteiger partial charge in [0, 0.05) is 11.8 Å². The summed E-state index contributed by atoms with van der Waals surface area (Å²) in [6, 6.07) is 6.92. The molecular weight excluding hydrogens is 298 g/mol. The van der Waals surface area contributed by atoms with E-state index in [1.54, 1.807) is 24.3 Å². The predicted octanol–water partition coefficient (Wildman–Crippen LogP) is 1.74. The molecule has 116 valence electrons. The molecule has 0 spiro atoms. The summed E-state index contributed by atoms with van der Waals surface area (Å²) < 4.78 is 15.8. The van der Waals surface area contributed by atoms with E-state index >= 15 is 0 Å². The second-order valence-electron chi connectivity index (χ2n) is 5.10. The average Bonchev–Trinajstić information content (AvgIpc) is 2.56. The van der Waals surface area contributed by atoms with Gasteiger partial charge in [-0.1, -0.05) is 6.08 Å². The Morgan fingerprint density at radius 1 is 1.39 bits per heavy atom. The van der Waals surface area contributed by atoms with Crippen molar-refractivity contribution in [2.24, 2.45) is 0 Å². The van der Waals surface area contributed by atoms with E-state index in [0.29, 0.717) is 28.7 Å². The summed E-state index contributed by atoms with van der Waals surface area (Å²) >= 11 is 0. The Kier molecular flexibility index (Phi) is 3.96. The lowest BCUT2D eigenvalue weighted by Gasteiger charge is -2.18. The van der Waals surface area contributed by atoms with Crippen LogP contribution < -0.4 is 10.4 Å². The van der Waals surface area contributed by atoms with Gasteiger partial charge >= 0.3 is 5.63 Å². The van der Waals surface area contributed by atoms with Gasteiger partial charge in [-0.15, -0.1) is 0 Å². The van der Waals surface area contributed by atoms with Gasteiger partial charge in [0.2, 0.25) is 0 Å². The van der Waals surface area contributed by atoms with Crippen LogP contribution in [-0.2, 0) is 16.0 Å². The van der Waals surface area contributed by atoms with E-state index < -0.39 is 5.63 Å². The van der Waals surface area contributed by atoms with Gasteiger partial charge in [0.15, 0.2) is 5.78 Å². The normalized spacial score (nSPS) is 17.2. The molecule has 0 fully saturated rings. The van der Waals surface area contributed by atoms with E-state index in [1.165, 1.54) is 13.2 Å². The summed E-state index contributed by atoms with van der Waals surface area (Å²) in [4.78, 5) is 23.2. The van der Waals surface area contributed by atoms with Crippen molar-refractivity contribution in [3.63, 3.8) is 0 Å². The molecule has 2 heterocycles.